The van der Waals surface area contributed by atoms with Crippen LogP contribution in [0.5, 0.6) is 0 Å². The van der Waals surface area contributed by atoms with E-state index in [1.165, 1.54) is 44.6 Å². The van der Waals surface area contributed by atoms with Crippen molar-refractivity contribution in [3.05, 3.63) is 12.2 Å². The van der Waals surface area contributed by atoms with Crippen molar-refractivity contribution in [2.45, 2.75) is 187 Å². The topological polar surface area (TPSA) is 101 Å². The van der Waals surface area contributed by atoms with E-state index in [2.05, 4.69) is 48.5 Å². The van der Waals surface area contributed by atoms with E-state index < -0.39 is 57.6 Å². The molecule has 2 fully saturated rings. The number of epoxide rings is 1. The Bertz CT molecular complexity index is 984. The minimum atomic E-state index is -2.56. The molecule has 0 aromatic rings. The second kappa shape index (κ2) is 18.4. The average Bonchev–Trinajstić information content (AvgIpc) is 3.75. The van der Waals surface area contributed by atoms with Crippen LogP contribution in [-0.4, -0.2) is 71.0 Å². The first-order valence-electron chi connectivity index (χ1n) is 18.4. The van der Waals surface area contributed by atoms with Crippen LogP contribution in [0.15, 0.2) is 12.2 Å². The molecular formula is C36H66O8Si2. The molecule has 0 bridgehead atoms. The van der Waals surface area contributed by atoms with E-state index in [1.54, 1.807) is 26.8 Å². The zero-order valence-corrected chi connectivity index (χ0v) is 32.8. The SMILES string of the molecule is CCCCCCCCC[C@H]1O[C@@H]1/C=C/C(=O)[C@]1(O[Si](CC)(CC)CC)C(=O)O[C@H](COC(=O)C(C)(C)C)[C@@H]1O[Si](CC)(CC)CC. The van der Waals surface area contributed by atoms with Crippen molar-refractivity contribution in [1.29, 1.82) is 0 Å². The largest absolute Gasteiger partial charge is 0.461 e. The fourth-order valence-corrected chi connectivity index (χ4v) is 12.2. The Morgan fingerprint density at radius 2 is 1.35 bits per heavy atom. The third kappa shape index (κ3) is 10.3. The van der Waals surface area contributed by atoms with Crippen molar-refractivity contribution in [1.82, 2.24) is 0 Å². The van der Waals surface area contributed by atoms with Gasteiger partial charge in [0.25, 0.3) is 0 Å². The molecule has 2 heterocycles. The molecule has 46 heavy (non-hydrogen) atoms. The summed E-state index contributed by atoms with van der Waals surface area (Å²) in [6, 6.07) is 4.67. The second-order valence-electron chi connectivity index (χ2n) is 14.4. The van der Waals surface area contributed by atoms with Gasteiger partial charge in [-0.1, -0.05) is 93.4 Å². The van der Waals surface area contributed by atoms with Gasteiger partial charge < -0.3 is 23.1 Å². The predicted molar refractivity (Wildman–Crippen MR) is 189 cm³/mol. The van der Waals surface area contributed by atoms with E-state index in [4.69, 9.17) is 23.1 Å². The van der Waals surface area contributed by atoms with Crippen LogP contribution in [0.4, 0.5) is 0 Å². The molecular weight excluding hydrogens is 617 g/mol. The number of rotatable bonds is 23. The number of carbonyl (C=O) groups excluding carboxylic acids is 3. The fourth-order valence-electron chi connectivity index (χ4n) is 6.45. The molecule has 2 rings (SSSR count). The molecule has 0 aromatic carbocycles. The lowest BCUT2D eigenvalue weighted by Crippen LogP contribution is -2.63. The number of hydrogen-bond donors (Lipinski definition) is 0. The maximum atomic E-state index is 14.5. The van der Waals surface area contributed by atoms with Gasteiger partial charge in [0.1, 0.15) is 18.8 Å². The summed E-state index contributed by atoms with van der Waals surface area (Å²) in [7, 11) is -4.96. The molecule has 10 heteroatoms. The molecule has 2 aliphatic heterocycles. The number of ketones is 1. The zero-order chi connectivity index (χ0) is 34.6. The van der Waals surface area contributed by atoms with Crippen molar-refractivity contribution in [2.24, 2.45) is 5.41 Å². The summed E-state index contributed by atoms with van der Waals surface area (Å²) in [5.74, 6) is -1.61. The Morgan fingerprint density at radius 1 is 0.804 bits per heavy atom. The maximum Gasteiger partial charge on any atom is 0.349 e. The van der Waals surface area contributed by atoms with Crippen molar-refractivity contribution in [3.63, 3.8) is 0 Å². The van der Waals surface area contributed by atoms with Gasteiger partial charge in [-0.15, -0.1) is 0 Å². The molecule has 0 radical (unpaired) electrons. The minimum Gasteiger partial charge on any atom is -0.461 e. The Hall–Kier alpha value is -1.34. The smallest absolute Gasteiger partial charge is 0.349 e. The first-order valence-corrected chi connectivity index (χ1v) is 23.5. The number of unbranched alkanes of at least 4 members (excludes halogenated alkanes) is 6. The lowest BCUT2D eigenvalue weighted by molar-refractivity contribution is -0.163. The number of hydrogen-bond acceptors (Lipinski definition) is 8. The first-order chi connectivity index (χ1) is 21.8. The summed E-state index contributed by atoms with van der Waals surface area (Å²) in [6.07, 6.45) is 10.9. The van der Waals surface area contributed by atoms with E-state index in [0.717, 1.165) is 49.1 Å². The van der Waals surface area contributed by atoms with Crippen LogP contribution in [0.2, 0.25) is 36.3 Å². The van der Waals surface area contributed by atoms with E-state index in [-0.39, 0.29) is 18.8 Å². The molecule has 5 atom stereocenters. The van der Waals surface area contributed by atoms with E-state index in [1.807, 2.05) is 0 Å². The van der Waals surface area contributed by atoms with Crippen LogP contribution in [0, 0.1) is 5.41 Å². The molecule has 0 saturated carbocycles. The zero-order valence-electron chi connectivity index (χ0n) is 30.8. The highest BCUT2D eigenvalue weighted by molar-refractivity contribution is 6.74. The summed E-state index contributed by atoms with van der Waals surface area (Å²) >= 11 is 0. The number of ether oxygens (including phenoxy) is 3. The third-order valence-corrected chi connectivity index (χ3v) is 19.7. The van der Waals surface area contributed by atoms with Gasteiger partial charge in [0.2, 0.25) is 11.4 Å². The molecule has 266 valence electrons. The molecule has 2 aliphatic rings. The van der Waals surface area contributed by atoms with Gasteiger partial charge in [0.05, 0.1) is 11.5 Å². The monoisotopic (exact) mass is 682 g/mol. The third-order valence-electron chi connectivity index (χ3n) is 10.4. The van der Waals surface area contributed by atoms with Gasteiger partial charge in [-0.25, -0.2) is 4.79 Å². The van der Waals surface area contributed by atoms with Gasteiger partial charge in [0, 0.05) is 0 Å². The Kier molecular flexibility index (Phi) is 16.4. The standard InChI is InChI=1S/C36H66O8Si2/c1-11-18-19-20-21-22-23-24-28-29(41-28)25-26-31(37)36(44-46(15-5,16-6)17-7)32(43-45(12-2,13-3)14-4)30(42-34(36)39)27-40-33(38)35(8,9)10/h25-26,28-30,32H,11-24,27H2,1-10H3/b26-25+/t28-,29-,30-,32+,36-/m1/s1. The molecule has 0 aromatic heterocycles. The first kappa shape index (κ1) is 40.8. The highest BCUT2D eigenvalue weighted by Gasteiger charge is 2.67. The summed E-state index contributed by atoms with van der Waals surface area (Å²) in [6.45, 7) is 19.9. The van der Waals surface area contributed by atoms with Crippen LogP contribution in [0.3, 0.4) is 0 Å². The van der Waals surface area contributed by atoms with Gasteiger partial charge >= 0.3 is 11.9 Å². The van der Waals surface area contributed by atoms with Crippen LogP contribution in [-0.2, 0) is 37.4 Å². The lowest BCUT2D eigenvalue weighted by atomic mass is 9.90. The number of carbonyl (C=O) groups is 3. The molecule has 8 nitrogen and oxygen atoms in total. The summed E-state index contributed by atoms with van der Waals surface area (Å²) < 4.78 is 31.6. The lowest BCUT2D eigenvalue weighted by Gasteiger charge is -2.42. The van der Waals surface area contributed by atoms with Crippen molar-refractivity contribution in [2.75, 3.05) is 6.61 Å². The van der Waals surface area contributed by atoms with Crippen molar-refractivity contribution < 1.29 is 37.4 Å². The Labute approximate surface area is 282 Å². The molecule has 0 unspecified atom stereocenters. The van der Waals surface area contributed by atoms with Gasteiger partial charge in [-0.05, 0) is 75.6 Å². The van der Waals surface area contributed by atoms with E-state index >= 15 is 0 Å². The predicted octanol–water partition coefficient (Wildman–Crippen LogP) is 8.69. The van der Waals surface area contributed by atoms with Crippen LogP contribution in [0.1, 0.15) is 121 Å². The van der Waals surface area contributed by atoms with Gasteiger partial charge in [0.15, 0.2) is 22.7 Å². The number of cyclic esters (lactones) is 1. The summed E-state index contributed by atoms with van der Waals surface area (Å²) in [4.78, 5) is 41.5. The highest BCUT2D eigenvalue weighted by atomic mass is 28.4. The van der Waals surface area contributed by atoms with Crippen LogP contribution in [0.25, 0.3) is 0 Å². The van der Waals surface area contributed by atoms with Crippen molar-refractivity contribution >= 4 is 34.4 Å². The molecule has 0 aliphatic carbocycles. The average molecular weight is 683 g/mol. The molecule has 0 spiro atoms. The number of esters is 2. The maximum absolute atomic E-state index is 14.5. The van der Waals surface area contributed by atoms with E-state index in [9.17, 15) is 14.4 Å². The minimum absolute atomic E-state index is 0.0967. The normalized spacial score (nSPS) is 25.2. The molecule has 0 amide bonds. The second-order valence-corrected chi connectivity index (χ2v) is 23.8. The Morgan fingerprint density at radius 3 is 1.87 bits per heavy atom. The highest BCUT2D eigenvalue weighted by Crippen LogP contribution is 2.42. The van der Waals surface area contributed by atoms with Gasteiger partial charge in [-0.3, -0.25) is 9.59 Å². The summed E-state index contributed by atoms with van der Waals surface area (Å²) in [5.41, 5.74) is -2.69. The molecule has 2 saturated heterocycles. The quantitative estimate of drug-likeness (QED) is 0.0264. The van der Waals surface area contributed by atoms with Gasteiger partial charge in [-0.2, -0.15) is 0 Å². The van der Waals surface area contributed by atoms with E-state index in [0.29, 0.717) is 0 Å². The van der Waals surface area contributed by atoms with Crippen LogP contribution < -0.4 is 0 Å². The fraction of sp³-hybridized carbons (Fsp3) is 0.861. The Balaban J connectivity index is 2.41. The summed E-state index contributed by atoms with van der Waals surface area (Å²) in [5, 5.41) is 0. The van der Waals surface area contributed by atoms with Crippen molar-refractivity contribution in [3.8, 4) is 0 Å². The van der Waals surface area contributed by atoms with Crippen LogP contribution >= 0.6 is 0 Å². The molecule has 0 N–H and O–H groups in total.